The number of aryl methyl sites for hydroxylation is 1. The Morgan fingerprint density at radius 2 is 2.04 bits per heavy atom. The van der Waals surface area contributed by atoms with Gasteiger partial charge in [0.2, 0.25) is 5.91 Å². The summed E-state index contributed by atoms with van der Waals surface area (Å²) >= 11 is 0. The molecule has 1 aliphatic heterocycles. The lowest BCUT2D eigenvalue weighted by Crippen LogP contribution is -2.24. The molecule has 2 aromatic carbocycles. The maximum atomic E-state index is 12.3. The van der Waals surface area contributed by atoms with Crippen LogP contribution in [0.15, 0.2) is 42.5 Å². The van der Waals surface area contributed by atoms with Crippen molar-refractivity contribution in [3.05, 3.63) is 53.6 Å². The number of nitrogens with one attached hydrogen (secondary N) is 1. The molecule has 5 nitrogen and oxygen atoms in total. The molecule has 26 heavy (non-hydrogen) atoms. The molecule has 0 bridgehead atoms. The summed E-state index contributed by atoms with van der Waals surface area (Å²) in [5.74, 6) is -0.415. The Morgan fingerprint density at radius 1 is 1.23 bits per heavy atom. The zero-order valence-electron chi connectivity index (χ0n) is 14.2. The highest BCUT2D eigenvalue weighted by molar-refractivity contribution is 6.05. The zero-order chi connectivity index (χ0) is 18.7. The summed E-state index contributed by atoms with van der Waals surface area (Å²) in [7, 11) is 0. The summed E-state index contributed by atoms with van der Waals surface area (Å²) in [6, 6.07) is 10.9. The molecule has 1 N–H and O–H groups in total. The predicted molar refractivity (Wildman–Crippen MR) is 93.8 cm³/mol. The molecule has 7 heteroatoms. The Balaban J connectivity index is 1.73. The van der Waals surface area contributed by atoms with Crippen LogP contribution in [0, 0.1) is 6.92 Å². The highest BCUT2D eigenvalue weighted by Crippen LogP contribution is 2.27. The Bertz CT molecular complexity index is 839. The average Bonchev–Trinajstić information content (AvgIpc) is 3.00. The molecule has 1 fully saturated rings. The molecular weight excluding hydrogens is 342 g/mol. The number of halogens is 2. The number of hydrogen-bond acceptors (Lipinski definition) is 3. The summed E-state index contributed by atoms with van der Waals surface area (Å²) in [5, 5.41) is 2.72. The number of anilines is 2. The summed E-state index contributed by atoms with van der Waals surface area (Å²) in [6.07, 6.45) is 1.39. The van der Waals surface area contributed by atoms with Crippen LogP contribution in [0.25, 0.3) is 0 Å². The van der Waals surface area contributed by atoms with E-state index in [1.54, 1.807) is 23.1 Å². The van der Waals surface area contributed by atoms with Crippen LogP contribution >= 0.6 is 0 Å². The monoisotopic (exact) mass is 360 g/mol. The van der Waals surface area contributed by atoms with Crippen LogP contribution in [0.5, 0.6) is 5.75 Å². The number of amides is 2. The van der Waals surface area contributed by atoms with Gasteiger partial charge in [-0.15, -0.1) is 0 Å². The average molecular weight is 360 g/mol. The number of rotatable bonds is 5. The standard InChI is InChI=1S/C19H18F2N2O3/c1-12-10-14(7-8-16(12)23-9-3-6-17(23)24)22-18(25)13-4-2-5-15(11-13)26-19(20)21/h2,4-5,7-8,10-11,19H,3,6,9H2,1H3,(H,22,25). The number of nitrogens with zero attached hydrogens (tertiary/aromatic N) is 1. The maximum Gasteiger partial charge on any atom is 0.387 e. The molecular formula is C19H18F2N2O3. The second-order valence-corrected chi connectivity index (χ2v) is 6.01. The molecule has 0 aliphatic carbocycles. The molecule has 3 rings (SSSR count). The van der Waals surface area contributed by atoms with E-state index in [0.29, 0.717) is 18.7 Å². The third kappa shape index (κ3) is 3.99. The van der Waals surface area contributed by atoms with Gasteiger partial charge in [-0.05, 0) is 55.3 Å². The van der Waals surface area contributed by atoms with Gasteiger partial charge in [0, 0.05) is 29.9 Å². The molecule has 1 heterocycles. The van der Waals surface area contributed by atoms with Crippen LogP contribution in [-0.4, -0.2) is 25.0 Å². The van der Waals surface area contributed by atoms with Crippen LogP contribution < -0.4 is 15.0 Å². The van der Waals surface area contributed by atoms with Crippen molar-refractivity contribution in [3.63, 3.8) is 0 Å². The molecule has 2 aromatic rings. The molecule has 0 aromatic heterocycles. The van der Waals surface area contributed by atoms with Gasteiger partial charge in [0.05, 0.1) is 0 Å². The number of alkyl halides is 2. The molecule has 0 saturated carbocycles. The Hall–Kier alpha value is -2.96. The largest absolute Gasteiger partial charge is 0.435 e. The first-order valence-corrected chi connectivity index (χ1v) is 8.21. The van der Waals surface area contributed by atoms with Crippen LogP contribution in [-0.2, 0) is 4.79 Å². The lowest BCUT2D eigenvalue weighted by Gasteiger charge is -2.19. The number of benzene rings is 2. The van der Waals surface area contributed by atoms with E-state index < -0.39 is 12.5 Å². The number of ether oxygens (including phenoxy) is 1. The second kappa shape index (κ2) is 7.51. The molecule has 0 atom stereocenters. The SMILES string of the molecule is Cc1cc(NC(=O)c2cccc(OC(F)F)c2)ccc1N1CCCC1=O. The number of carbonyl (C=O) groups excluding carboxylic acids is 2. The van der Waals surface area contributed by atoms with Gasteiger partial charge in [0.1, 0.15) is 5.75 Å². The summed E-state index contributed by atoms with van der Waals surface area (Å²) in [4.78, 5) is 26.0. The van der Waals surface area contributed by atoms with E-state index in [4.69, 9.17) is 0 Å². The van der Waals surface area contributed by atoms with Gasteiger partial charge in [-0.2, -0.15) is 8.78 Å². The Labute approximate surface area is 149 Å². The van der Waals surface area contributed by atoms with E-state index in [2.05, 4.69) is 10.1 Å². The molecule has 0 unspecified atom stereocenters. The van der Waals surface area contributed by atoms with E-state index in [9.17, 15) is 18.4 Å². The quantitative estimate of drug-likeness (QED) is 0.878. The summed E-state index contributed by atoms with van der Waals surface area (Å²) in [6.45, 7) is -0.382. The van der Waals surface area contributed by atoms with E-state index in [1.165, 1.54) is 24.3 Å². The van der Waals surface area contributed by atoms with E-state index in [-0.39, 0.29) is 17.2 Å². The molecule has 136 valence electrons. The lowest BCUT2D eigenvalue weighted by molar-refractivity contribution is -0.117. The predicted octanol–water partition coefficient (Wildman–Crippen LogP) is 3.98. The van der Waals surface area contributed by atoms with Gasteiger partial charge in [0.25, 0.3) is 5.91 Å². The van der Waals surface area contributed by atoms with E-state index in [0.717, 1.165) is 17.7 Å². The minimum atomic E-state index is -2.95. The van der Waals surface area contributed by atoms with Crippen molar-refractivity contribution in [3.8, 4) is 5.75 Å². The highest BCUT2D eigenvalue weighted by Gasteiger charge is 2.23. The van der Waals surface area contributed by atoms with Crippen molar-refractivity contribution in [2.45, 2.75) is 26.4 Å². The number of hydrogen-bond donors (Lipinski definition) is 1. The normalized spacial score (nSPS) is 14.0. The van der Waals surface area contributed by atoms with Crippen molar-refractivity contribution in [1.29, 1.82) is 0 Å². The fraction of sp³-hybridized carbons (Fsp3) is 0.263. The van der Waals surface area contributed by atoms with Crippen LogP contribution in [0.1, 0.15) is 28.8 Å². The fourth-order valence-corrected chi connectivity index (χ4v) is 2.96. The van der Waals surface area contributed by atoms with Crippen LogP contribution in [0.4, 0.5) is 20.2 Å². The summed E-state index contributed by atoms with van der Waals surface area (Å²) < 4.78 is 28.9. The van der Waals surface area contributed by atoms with Gasteiger partial charge in [-0.3, -0.25) is 9.59 Å². The van der Waals surface area contributed by atoms with E-state index >= 15 is 0 Å². The van der Waals surface area contributed by atoms with Crippen molar-refractivity contribution in [2.75, 3.05) is 16.8 Å². The molecule has 1 aliphatic rings. The van der Waals surface area contributed by atoms with Crippen molar-refractivity contribution in [1.82, 2.24) is 0 Å². The molecule has 1 saturated heterocycles. The van der Waals surface area contributed by atoms with Gasteiger partial charge in [-0.1, -0.05) is 6.07 Å². The Morgan fingerprint density at radius 3 is 2.69 bits per heavy atom. The highest BCUT2D eigenvalue weighted by atomic mass is 19.3. The third-order valence-electron chi connectivity index (χ3n) is 4.14. The fourth-order valence-electron chi connectivity index (χ4n) is 2.96. The van der Waals surface area contributed by atoms with Gasteiger partial charge >= 0.3 is 6.61 Å². The molecule has 0 spiro atoms. The first-order valence-electron chi connectivity index (χ1n) is 8.21. The van der Waals surface area contributed by atoms with Crippen molar-refractivity contribution < 1.29 is 23.1 Å². The minimum Gasteiger partial charge on any atom is -0.435 e. The smallest absolute Gasteiger partial charge is 0.387 e. The Kier molecular flexibility index (Phi) is 5.16. The van der Waals surface area contributed by atoms with Gasteiger partial charge in [0.15, 0.2) is 0 Å². The molecule has 2 amide bonds. The summed E-state index contributed by atoms with van der Waals surface area (Å²) in [5.41, 5.74) is 2.47. The van der Waals surface area contributed by atoms with E-state index in [1.807, 2.05) is 6.92 Å². The van der Waals surface area contributed by atoms with Crippen LogP contribution in [0.3, 0.4) is 0 Å². The topological polar surface area (TPSA) is 58.6 Å². The number of carbonyl (C=O) groups is 2. The first-order chi connectivity index (χ1) is 12.4. The van der Waals surface area contributed by atoms with Crippen molar-refractivity contribution in [2.24, 2.45) is 0 Å². The molecule has 0 radical (unpaired) electrons. The van der Waals surface area contributed by atoms with Crippen molar-refractivity contribution >= 4 is 23.2 Å². The zero-order valence-corrected chi connectivity index (χ0v) is 14.2. The first kappa shape index (κ1) is 17.8. The van der Waals surface area contributed by atoms with Gasteiger partial charge in [-0.25, -0.2) is 0 Å². The van der Waals surface area contributed by atoms with Crippen LogP contribution in [0.2, 0.25) is 0 Å². The van der Waals surface area contributed by atoms with Gasteiger partial charge < -0.3 is 15.0 Å². The minimum absolute atomic E-state index is 0.0771. The lowest BCUT2D eigenvalue weighted by atomic mass is 10.1. The third-order valence-corrected chi connectivity index (χ3v) is 4.14. The maximum absolute atomic E-state index is 12.3. The second-order valence-electron chi connectivity index (χ2n) is 6.01.